The summed E-state index contributed by atoms with van der Waals surface area (Å²) < 4.78 is 12.9. The van der Waals surface area contributed by atoms with Gasteiger partial charge in [0.05, 0.1) is 11.1 Å². The molecule has 5 heteroatoms. The zero-order valence-electron chi connectivity index (χ0n) is 10.6. The zero-order chi connectivity index (χ0) is 14.9. The Kier molecular flexibility index (Phi) is 3.52. The van der Waals surface area contributed by atoms with Gasteiger partial charge in [0.25, 0.3) is 0 Å². The first-order valence-electron chi connectivity index (χ1n) is 5.77. The Bertz CT molecular complexity index is 655. The number of halogens is 1. The molecule has 2 aromatic carbocycles. The zero-order valence-corrected chi connectivity index (χ0v) is 10.6. The van der Waals surface area contributed by atoms with Crippen molar-refractivity contribution in [3.8, 4) is 11.1 Å². The number of rotatable bonds is 3. The molecule has 0 aliphatic carbocycles. The lowest BCUT2D eigenvalue weighted by Crippen LogP contribution is -2.07. The summed E-state index contributed by atoms with van der Waals surface area (Å²) in [7, 11) is 0. The molecule has 0 unspecified atom stereocenters. The van der Waals surface area contributed by atoms with E-state index in [1.165, 1.54) is 43.3 Å². The maximum atomic E-state index is 12.9. The monoisotopic (exact) mass is 274 g/mol. The SMILES string of the molecule is Cc1c(C(=O)O)cc(-c2ccc(F)cc2)cc1C(=O)O. The number of benzene rings is 2. The molecule has 4 nitrogen and oxygen atoms in total. The summed E-state index contributed by atoms with van der Waals surface area (Å²) in [6, 6.07) is 8.18. The summed E-state index contributed by atoms with van der Waals surface area (Å²) in [6.45, 7) is 1.45. The molecular formula is C15H11FO4. The average molecular weight is 274 g/mol. The van der Waals surface area contributed by atoms with Crippen LogP contribution in [0.25, 0.3) is 11.1 Å². The van der Waals surface area contributed by atoms with Crippen LogP contribution in [0.1, 0.15) is 26.3 Å². The Balaban J connectivity index is 2.68. The van der Waals surface area contributed by atoms with Crippen LogP contribution >= 0.6 is 0 Å². The Morgan fingerprint density at radius 1 is 0.900 bits per heavy atom. The van der Waals surface area contributed by atoms with Crippen molar-refractivity contribution in [1.82, 2.24) is 0 Å². The quantitative estimate of drug-likeness (QED) is 0.901. The van der Waals surface area contributed by atoms with Gasteiger partial charge < -0.3 is 10.2 Å². The van der Waals surface area contributed by atoms with E-state index in [2.05, 4.69) is 0 Å². The molecule has 0 radical (unpaired) electrons. The van der Waals surface area contributed by atoms with Gasteiger partial charge >= 0.3 is 11.9 Å². The highest BCUT2D eigenvalue weighted by atomic mass is 19.1. The third kappa shape index (κ3) is 2.51. The Morgan fingerprint density at radius 2 is 1.35 bits per heavy atom. The van der Waals surface area contributed by atoms with E-state index in [0.717, 1.165) is 0 Å². The molecule has 0 aliphatic rings. The van der Waals surface area contributed by atoms with Crippen LogP contribution in [0.3, 0.4) is 0 Å². The molecule has 20 heavy (non-hydrogen) atoms. The van der Waals surface area contributed by atoms with Gasteiger partial charge in [-0.1, -0.05) is 12.1 Å². The lowest BCUT2D eigenvalue weighted by Gasteiger charge is -2.10. The molecular weight excluding hydrogens is 263 g/mol. The number of carboxylic acids is 2. The maximum absolute atomic E-state index is 12.9. The summed E-state index contributed by atoms with van der Waals surface area (Å²) in [4.78, 5) is 22.4. The lowest BCUT2D eigenvalue weighted by atomic mass is 9.95. The third-order valence-electron chi connectivity index (χ3n) is 3.05. The smallest absolute Gasteiger partial charge is 0.335 e. The Hall–Kier alpha value is -2.69. The maximum Gasteiger partial charge on any atom is 0.335 e. The van der Waals surface area contributed by atoms with Crippen LogP contribution in [-0.2, 0) is 0 Å². The van der Waals surface area contributed by atoms with Crippen molar-refractivity contribution in [3.63, 3.8) is 0 Å². The summed E-state index contributed by atoms with van der Waals surface area (Å²) >= 11 is 0. The van der Waals surface area contributed by atoms with E-state index >= 15 is 0 Å². The second-order valence-electron chi connectivity index (χ2n) is 4.31. The van der Waals surface area contributed by atoms with Crippen LogP contribution in [0.2, 0.25) is 0 Å². The first kappa shape index (κ1) is 13.7. The third-order valence-corrected chi connectivity index (χ3v) is 3.05. The van der Waals surface area contributed by atoms with E-state index < -0.39 is 17.8 Å². The highest BCUT2D eigenvalue weighted by Gasteiger charge is 2.17. The van der Waals surface area contributed by atoms with Gasteiger partial charge in [0.2, 0.25) is 0 Å². The van der Waals surface area contributed by atoms with E-state index in [0.29, 0.717) is 11.1 Å². The minimum atomic E-state index is -1.20. The van der Waals surface area contributed by atoms with Crippen molar-refractivity contribution < 1.29 is 24.2 Å². The molecule has 0 heterocycles. The van der Waals surface area contributed by atoms with Gasteiger partial charge in [-0.3, -0.25) is 0 Å². The highest BCUT2D eigenvalue weighted by Crippen LogP contribution is 2.26. The van der Waals surface area contributed by atoms with Crippen molar-refractivity contribution in [2.75, 3.05) is 0 Å². The predicted molar refractivity (Wildman–Crippen MR) is 70.5 cm³/mol. The van der Waals surface area contributed by atoms with Crippen LogP contribution in [0.15, 0.2) is 36.4 Å². The van der Waals surface area contributed by atoms with Gasteiger partial charge in [-0.15, -0.1) is 0 Å². The van der Waals surface area contributed by atoms with E-state index in [1.54, 1.807) is 0 Å². The molecule has 2 rings (SSSR count). The first-order chi connectivity index (χ1) is 9.40. The van der Waals surface area contributed by atoms with Crippen LogP contribution < -0.4 is 0 Å². The van der Waals surface area contributed by atoms with Crippen molar-refractivity contribution in [1.29, 1.82) is 0 Å². The number of carboxylic acid groups (broad SMARTS) is 2. The van der Waals surface area contributed by atoms with Gasteiger partial charge in [0, 0.05) is 0 Å². The molecule has 2 aromatic rings. The van der Waals surface area contributed by atoms with Gasteiger partial charge in [0.15, 0.2) is 0 Å². The van der Waals surface area contributed by atoms with E-state index in [4.69, 9.17) is 10.2 Å². The fourth-order valence-corrected chi connectivity index (χ4v) is 1.97. The highest BCUT2D eigenvalue weighted by molar-refractivity contribution is 5.98. The van der Waals surface area contributed by atoms with Gasteiger partial charge in [-0.2, -0.15) is 0 Å². The van der Waals surface area contributed by atoms with Crippen LogP contribution in [0, 0.1) is 12.7 Å². The van der Waals surface area contributed by atoms with Crippen molar-refractivity contribution in [2.24, 2.45) is 0 Å². The van der Waals surface area contributed by atoms with Crippen LogP contribution in [0.4, 0.5) is 4.39 Å². The molecule has 0 bridgehead atoms. The largest absolute Gasteiger partial charge is 0.478 e. The fourth-order valence-electron chi connectivity index (χ4n) is 1.97. The summed E-state index contributed by atoms with van der Waals surface area (Å²) in [5.74, 6) is -2.82. The second kappa shape index (κ2) is 5.13. The summed E-state index contributed by atoms with van der Waals surface area (Å²) in [6.07, 6.45) is 0. The molecule has 0 spiro atoms. The summed E-state index contributed by atoms with van der Waals surface area (Å²) in [5, 5.41) is 18.3. The van der Waals surface area contributed by atoms with Crippen molar-refractivity contribution in [3.05, 3.63) is 58.9 Å². The molecule has 0 saturated heterocycles. The number of hydrogen-bond acceptors (Lipinski definition) is 2. The Morgan fingerprint density at radius 3 is 1.75 bits per heavy atom. The predicted octanol–water partition coefficient (Wildman–Crippen LogP) is 3.20. The molecule has 0 saturated carbocycles. The van der Waals surface area contributed by atoms with Gasteiger partial charge in [-0.05, 0) is 47.9 Å². The number of hydrogen-bond donors (Lipinski definition) is 2. The van der Waals surface area contributed by atoms with Crippen LogP contribution in [0.5, 0.6) is 0 Å². The molecule has 0 atom stereocenters. The normalized spacial score (nSPS) is 10.3. The minimum Gasteiger partial charge on any atom is -0.478 e. The lowest BCUT2D eigenvalue weighted by molar-refractivity contribution is 0.0696. The molecule has 0 amide bonds. The standard InChI is InChI=1S/C15H11FO4/c1-8-12(14(17)18)6-10(7-13(8)15(19)20)9-2-4-11(16)5-3-9/h2-7H,1H3,(H,17,18)(H,19,20). The topological polar surface area (TPSA) is 74.6 Å². The van der Waals surface area contributed by atoms with E-state index in [1.807, 2.05) is 0 Å². The van der Waals surface area contributed by atoms with E-state index in [-0.39, 0.29) is 16.7 Å². The van der Waals surface area contributed by atoms with Crippen LogP contribution in [-0.4, -0.2) is 22.2 Å². The molecule has 0 fully saturated rings. The Labute approximate surface area is 114 Å². The van der Waals surface area contributed by atoms with Crippen molar-refractivity contribution >= 4 is 11.9 Å². The fraction of sp³-hybridized carbons (Fsp3) is 0.0667. The molecule has 0 aliphatic heterocycles. The second-order valence-corrected chi connectivity index (χ2v) is 4.31. The minimum absolute atomic E-state index is 0.0794. The van der Waals surface area contributed by atoms with Gasteiger partial charge in [0.1, 0.15) is 5.82 Å². The van der Waals surface area contributed by atoms with E-state index in [9.17, 15) is 14.0 Å². The van der Waals surface area contributed by atoms with Crippen molar-refractivity contribution in [2.45, 2.75) is 6.92 Å². The summed E-state index contributed by atoms with van der Waals surface area (Å²) in [5.41, 5.74) is 1.01. The number of carbonyl (C=O) groups is 2. The average Bonchev–Trinajstić information content (AvgIpc) is 2.39. The molecule has 0 aromatic heterocycles. The first-order valence-corrected chi connectivity index (χ1v) is 5.77. The number of aromatic carboxylic acids is 2. The molecule has 2 N–H and O–H groups in total. The molecule has 102 valence electrons. The van der Waals surface area contributed by atoms with Gasteiger partial charge in [-0.25, -0.2) is 14.0 Å².